The van der Waals surface area contributed by atoms with E-state index in [-0.39, 0.29) is 0 Å². The Morgan fingerprint density at radius 1 is 1.12 bits per heavy atom. The summed E-state index contributed by atoms with van der Waals surface area (Å²) in [5.41, 5.74) is 0. The first kappa shape index (κ1) is 5.80. The summed E-state index contributed by atoms with van der Waals surface area (Å²) in [7, 11) is 0. The Morgan fingerprint density at radius 2 is 1.75 bits per heavy atom. The molecular weight excluding hydrogens is 147 g/mol. The van der Waals surface area contributed by atoms with Gasteiger partial charge in [-0.25, -0.2) is 0 Å². The second-order valence-electron chi connectivity index (χ2n) is 1.33. The molecule has 1 aromatic rings. The van der Waals surface area contributed by atoms with Gasteiger partial charge in [-0.3, -0.25) is 0 Å². The van der Waals surface area contributed by atoms with Crippen LogP contribution in [0.3, 0.4) is 0 Å². The third kappa shape index (κ3) is 1.32. The molecule has 0 saturated carbocycles. The van der Waals surface area contributed by atoms with Gasteiger partial charge < -0.3 is 0 Å². The number of hydrogen-bond donors (Lipinski definition) is 1. The van der Waals surface area contributed by atoms with Gasteiger partial charge in [-0.1, -0.05) is 0 Å². The van der Waals surface area contributed by atoms with E-state index in [4.69, 9.17) is 4.25 Å². The third-order valence-electron chi connectivity index (χ3n) is 0.794. The fourth-order valence-electron chi connectivity index (χ4n) is 0.450. The fourth-order valence-corrected chi connectivity index (χ4v) is 0.787. The first-order valence-electron chi connectivity index (χ1n) is 2.21. The van der Waals surface area contributed by atoms with Gasteiger partial charge >= 0.3 is 53.9 Å². The Morgan fingerprint density at radius 3 is 2.12 bits per heavy atom. The molecule has 0 atom stereocenters. The Bertz CT molecular complexity index is 150. The van der Waals surface area contributed by atoms with Gasteiger partial charge in [0, 0.05) is 0 Å². The predicted octanol–water partition coefficient (Wildman–Crippen LogP) is 0.302. The van der Waals surface area contributed by atoms with Crippen LogP contribution in [-0.4, -0.2) is 4.25 Å². The zero-order valence-electron chi connectivity index (χ0n) is 4.15. The van der Waals surface area contributed by atoms with E-state index in [2.05, 4.69) is 0 Å². The summed E-state index contributed by atoms with van der Waals surface area (Å²) in [6.45, 7) is 0. The van der Waals surface area contributed by atoms with Crippen LogP contribution < -0.4 is 4.53 Å². The second-order valence-corrected chi connectivity index (χ2v) is 2.12. The molecule has 1 rings (SSSR count). The molecule has 2 heteroatoms. The van der Waals surface area contributed by atoms with Crippen molar-refractivity contribution in [3.63, 3.8) is 0 Å². The van der Waals surface area contributed by atoms with Gasteiger partial charge in [0.05, 0.1) is 0 Å². The molecule has 0 heterocycles. The van der Waals surface area contributed by atoms with E-state index in [0.717, 1.165) is 4.53 Å². The Balaban J connectivity index is 2.83. The average molecular weight is 153 g/mol. The van der Waals surface area contributed by atoms with E-state index in [1.807, 2.05) is 30.3 Å². The molecule has 46 valence electrons. The molecule has 0 aliphatic heterocycles. The topological polar surface area (TPSA) is 20.2 Å². The van der Waals surface area contributed by atoms with Gasteiger partial charge in [0.1, 0.15) is 0 Å². The third-order valence-corrected chi connectivity index (χ3v) is 1.38. The van der Waals surface area contributed by atoms with E-state index < -0.39 is 0 Å². The van der Waals surface area contributed by atoms with Crippen molar-refractivity contribution in [2.45, 2.75) is 0 Å². The van der Waals surface area contributed by atoms with Crippen LogP contribution in [0.25, 0.3) is 0 Å². The van der Waals surface area contributed by atoms with Crippen LogP contribution >= 0.6 is 0 Å². The van der Waals surface area contributed by atoms with E-state index in [1.54, 1.807) is 0 Å². The quantitative estimate of drug-likeness (QED) is 0.575. The van der Waals surface area contributed by atoms with Crippen LogP contribution in [-0.2, 0) is 14.8 Å². The standard InChI is InChI=1S/C6H5.Ni.H2O/c1-2-4-6-5-3-1;;/h1-5H;;1H2/q;+1;/p-1. The number of benzene rings is 1. The summed E-state index contributed by atoms with van der Waals surface area (Å²) >= 11 is 0.612. The molecule has 0 saturated heterocycles. The molecule has 0 spiro atoms. The van der Waals surface area contributed by atoms with E-state index in [1.165, 1.54) is 0 Å². The summed E-state index contributed by atoms with van der Waals surface area (Å²) in [4.78, 5) is 0. The molecule has 0 unspecified atom stereocenters. The van der Waals surface area contributed by atoms with E-state index >= 15 is 0 Å². The molecule has 0 aromatic heterocycles. The summed E-state index contributed by atoms with van der Waals surface area (Å²) in [5, 5.41) is 0. The summed E-state index contributed by atoms with van der Waals surface area (Å²) in [5.74, 6) is 0. The van der Waals surface area contributed by atoms with Crippen LogP contribution in [0.15, 0.2) is 30.3 Å². The minimum atomic E-state index is 0.612. The second kappa shape index (κ2) is 2.86. The van der Waals surface area contributed by atoms with Gasteiger partial charge in [0.2, 0.25) is 0 Å². The molecule has 0 aliphatic rings. The van der Waals surface area contributed by atoms with Crippen molar-refractivity contribution >= 4 is 4.53 Å². The van der Waals surface area contributed by atoms with Crippen molar-refractivity contribution in [1.82, 2.24) is 0 Å². The Kier molecular flexibility index (Phi) is 2.07. The first-order chi connectivity index (χ1) is 3.93. The van der Waals surface area contributed by atoms with Crippen LogP contribution in [0, 0.1) is 0 Å². The predicted molar refractivity (Wildman–Crippen MR) is 28.3 cm³/mol. The van der Waals surface area contributed by atoms with Crippen molar-refractivity contribution in [1.29, 1.82) is 0 Å². The number of hydrogen-bond acceptors (Lipinski definition) is 1. The van der Waals surface area contributed by atoms with Gasteiger partial charge in [0.25, 0.3) is 0 Å². The molecule has 0 bridgehead atoms. The van der Waals surface area contributed by atoms with Crippen molar-refractivity contribution in [3.8, 4) is 0 Å². The van der Waals surface area contributed by atoms with Gasteiger partial charge in [-0.2, -0.15) is 0 Å². The van der Waals surface area contributed by atoms with Gasteiger partial charge in [-0.15, -0.1) is 0 Å². The summed E-state index contributed by atoms with van der Waals surface area (Å²) in [6.07, 6.45) is 0. The molecule has 0 fully saturated rings. The van der Waals surface area contributed by atoms with Crippen molar-refractivity contribution in [2.24, 2.45) is 0 Å². The van der Waals surface area contributed by atoms with Crippen molar-refractivity contribution in [2.75, 3.05) is 0 Å². The first-order valence-corrected chi connectivity index (χ1v) is 3.15. The molecule has 1 aromatic carbocycles. The van der Waals surface area contributed by atoms with Crippen LogP contribution in [0.1, 0.15) is 0 Å². The van der Waals surface area contributed by atoms with Crippen LogP contribution in [0.5, 0.6) is 0 Å². The number of rotatable bonds is 1. The van der Waals surface area contributed by atoms with Gasteiger partial charge in [-0.05, 0) is 0 Å². The molecule has 1 N–H and O–H groups in total. The minimum absolute atomic E-state index is 0.612. The molecule has 0 radical (unpaired) electrons. The monoisotopic (exact) mass is 152 g/mol. The van der Waals surface area contributed by atoms with Crippen LogP contribution in [0.4, 0.5) is 0 Å². The Labute approximate surface area is 54.5 Å². The molecule has 8 heavy (non-hydrogen) atoms. The zero-order chi connectivity index (χ0) is 5.82. The molecular formula is C6H6NiO. The van der Waals surface area contributed by atoms with Crippen molar-refractivity contribution in [3.05, 3.63) is 30.3 Å². The Hall–Kier alpha value is -0.326. The normalized spacial score (nSPS) is 9.62. The molecule has 0 aliphatic carbocycles. The van der Waals surface area contributed by atoms with E-state index in [0.29, 0.717) is 14.8 Å². The molecule has 0 amide bonds. The van der Waals surface area contributed by atoms with Gasteiger partial charge in [0.15, 0.2) is 0 Å². The maximum absolute atomic E-state index is 8.48. The SMILES string of the molecule is [OH][Ni][c]1ccccc1. The zero-order valence-corrected chi connectivity index (χ0v) is 5.14. The fraction of sp³-hybridized carbons (Fsp3) is 0. The van der Waals surface area contributed by atoms with E-state index in [9.17, 15) is 0 Å². The summed E-state index contributed by atoms with van der Waals surface area (Å²) in [6, 6.07) is 9.43. The van der Waals surface area contributed by atoms with Crippen LogP contribution in [0.2, 0.25) is 0 Å². The van der Waals surface area contributed by atoms with Crippen molar-refractivity contribution < 1.29 is 19.0 Å². The molecule has 1 nitrogen and oxygen atoms in total. The average Bonchev–Trinajstić information content (AvgIpc) is 1.90. The summed E-state index contributed by atoms with van der Waals surface area (Å²) < 4.78 is 9.38. The maximum atomic E-state index is 8.48.